The van der Waals surface area contributed by atoms with Gasteiger partial charge in [-0.2, -0.15) is 0 Å². The van der Waals surface area contributed by atoms with Gasteiger partial charge in [0.1, 0.15) is 0 Å². The van der Waals surface area contributed by atoms with Crippen molar-refractivity contribution >= 4 is 39.6 Å². The number of aldehydes is 1. The van der Waals surface area contributed by atoms with Crippen LogP contribution in [0.25, 0.3) is 6.08 Å². The number of allylic oxidation sites excluding steroid dienone is 1. The lowest BCUT2D eigenvalue weighted by molar-refractivity contribution is -0.104. The van der Waals surface area contributed by atoms with Gasteiger partial charge in [0.2, 0.25) is 0 Å². The van der Waals surface area contributed by atoms with Gasteiger partial charge >= 0.3 is 0 Å². The molecule has 3 heteroatoms. The van der Waals surface area contributed by atoms with E-state index >= 15 is 0 Å². The van der Waals surface area contributed by atoms with Crippen LogP contribution in [-0.4, -0.2) is 6.29 Å². The van der Waals surface area contributed by atoms with Gasteiger partial charge in [-0.1, -0.05) is 6.07 Å². The molecule has 0 aliphatic heterocycles. The summed E-state index contributed by atoms with van der Waals surface area (Å²) in [6, 6.07) is 3.90. The lowest BCUT2D eigenvalue weighted by Gasteiger charge is -1.81. The standard InChI is InChI=1S/C7H5BrOS/c8-6(5-9)4-7-2-1-3-10-7/h1-5H/b6-4-. The van der Waals surface area contributed by atoms with Crippen LogP contribution in [0.2, 0.25) is 0 Å². The van der Waals surface area contributed by atoms with Gasteiger partial charge in [0.15, 0.2) is 6.29 Å². The highest BCUT2D eigenvalue weighted by molar-refractivity contribution is 9.12. The van der Waals surface area contributed by atoms with Gasteiger partial charge in [0, 0.05) is 4.88 Å². The minimum absolute atomic E-state index is 0.579. The minimum atomic E-state index is 0.579. The molecule has 0 spiro atoms. The predicted molar refractivity (Wildman–Crippen MR) is 47.3 cm³/mol. The summed E-state index contributed by atoms with van der Waals surface area (Å²) in [7, 11) is 0. The zero-order valence-corrected chi connectivity index (χ0v) is 7.48. The molecule has 0 saturated heterocycles. The molecule has 10 heavy (non-hydrogen) atoms. The van der Waals surface area contributed by atoms with E-state index in [4.69, 9.17) is 0 Å². The number of hydrogen-bond donors (Lipinski definition) is 0. The molecule has 0 bridgehead atoms. The smallest absolute Gasteiger partial charge is 0.157 e. The van der Waals surface area contributed by atoms with E-state index < -0.39 is 0 Å². The summed E-state index contributed by atoms with van der Waals surface area (Å²) in [5.41, 5.74) is 0. The third-order valence-corrected chi connectivity index (χ3v) is 2.17. The fourth-order valence-electron chi connectivity index (χ4n) is 0.543. The molecule has 52 valence electrons. The zero-order chi connectivity index (χ0) is 7.40. The molecule has 0 aromatic carbocycles. The highest BCUT2D eigenvalue weighted by Gasteiger charge is 1.89. The average molecular weight is 217 g/mol. The minimum Gasteiger partial charge on any atom is -0.297 e. The maximum Gasteiger partial charge on any atom is 0.157 e. The second-order valence-electron chi connectivity index (χ2n) is 1.66. The first-order valence-electron chi connectivity index (χ1n) is 2.69. The van der Waals surface area contributed by atoms with Crippen LogP contribution >= 0.6 is 27.3 Å². The molecule has 0 atom stereocenters. The number of halogens is 1. The Balaban J connectivity index is 2.80. The van der Waals surface area contributed by atoms with E-state index in [0.717, 1.165) is 11.2 Å². The Kier molecular flexibility index (Phi) is 2.83. The summed E-state index contributed by atoms with van der Waals surface area (Å²) in [4.78, 5) is 11.2. The molecule has 0 N–H and O–H groups in total. The Morgan fingerprint density at radius 2 is 2.50 bits per heavy atom. The van der Waals surface area contributed by atoms with Crippen molar-refractivity contribution in [3.63, 3.8) is 0 Å². The quantitative estimate of drug-likeness (QED) is 0.549. The second-order valence-corrected chi connectivity index (χ2v) is 3.56. The van der Waals surface area contributed by atoms with Crippen molar-refractivity contribution in [2.45, 2.75) is 0 Å². The summed E-state index contributed by atoms with van der Waals surface area (Å²) < 4.78 is 0.579. The highest BCUT2D eigenvalue weighted by atomic mass is 79.9. The molecule has 0 radical (unpaired) electrons. The fourth-order valence-corrected chi connectivity index (χ4v) is 1.61. The third kappa shape index (κ3) is 2.08. The zero-order valence-electron chi connectivity index (χ0n) is 5.08. The highest BCUT2D eigenvalue weighted by Crippen LogP contribution is 2.14. The monoisotopic (exact) mass is 216 g/mol. The topological polar surface area (TPSA) is 17.1 Å². The van der Waals surface area contributed by atoms with E-state index in [1.165, 1.54) is 0 Å². The van der Waals surface area contributed by atoms with Gasteiger partial charge in [0.25, 0.3) is 0 Å². The maximum absolute atomic E-state index is 10.1. The van der Waals surface area contributed by atoms with E-state index in [1.807, 2.05) is 17.5 Å². The van der Waals surface area contributed by atoms with Crippen LogP contribution in [-0.2, 0) is 4.79 Å². The van der Waals surface area contributed by atoms with Crippen molar-refractivity contribution in [1.29, 1.82) is 0 Å². The first-order chi connectivity index (χ1) is 4.83. The van der Waals surface area contributed by atoms with Gasteiger partial charge in [-0.25, -0.2) is 0 Å². The molecule has 1 nitrogen and oxygen atoms in total. The largest absolute Gasteiger partial charge is 0.297 e. The molecular formula is C7H5BrOS. The van der Waals surface area contributed by atoms with Crippen molar-refractivity contribution in [1.82, 2.24) is 0 Å². The van der Waals surface area contributed by atoms with Crippen molar-refractivity contribution in [3.05, 3.63) is 26.9 Å². The molecule has 1 aromatic rings. The van der Waals surface area contributed by atoms with Crippen LogP contribution < -0.4 is 0 Å². The molecule has 0 saturated carbocycles. The molecule has 1 aromatic heterocycles. The Morgan fingerprint density at radius 1 is 1.70 bits per heavy atom. The third-order valence-electron chi connectivity index (χ3n) is 0.936. The Morgan fingerprint density at radius 3 is 3.00 bits per heavy atom. The van der Waals surface area contributed by atoms with Crippen molar-refractivity contribution in [3.8, 4) is 0 Å². The predicted octanol–water partition coefficient (Wildman–Crippen LogP) is 2.68. The van der Waals surface area contributed by atoms with Gasteiger partial charge in [-0.3, -0.25) is 4.79 Å². The van der Waals surface area contributed by atoms with Gasteiger partial charge in [-0.05, 0) is 33.5 Å². The van der Waals surface area contributed by atoms with Crippen LogP contribution in [0.3, 0.4) is 0 Å². The van der Waals surface area contributed by atoms with Crippen LogP contribution in [0, 0.1) is 0 Å². The Hall–Kier alpha value is -0.410. The SMILES string of the molecule is O=C/C(Br)=C/c1cccs1. The van der Waals surface area contributed by atoms with E-state index in [1.54, 1.807) is 17.4 Å². The molecule has 0 fully saturated rings. The van der Waals surface area contributed by atoms with Crippen LogP contribution in [0.1, 0.15) is 4.88 Å². The molecule has 0 unspecified atom stereocenters. The number of hydrogen-bond acceptors (Lipinski definition) is 2. The summed E-state index contributed by atoms with van der Waals surface area (Å²) in [6.07, 6.45) is 2.57. The second kappa shape index (κ2) is 3.68. The lowest BCUT2D eigenvalue weighted by Crippen LogP contribution is -1.68. The number of thiophene rings is 1. The van der Waals surface area contributed by atoms with Crippen molar-refractivity contribution < 1.29 is 4.79 Å². The Bertz CT molecular complexity index is 238. The van der Waals surface area contributed by atoms with Gasteiger partial charge in [-0.15, -0.1) is 11.3 Å². The lowest BCUT2D eigenvalue weighted by atomic mass is 10.4. The van der Waals surface area contributed by atoms with E-state index in [9.17, 15) is 4.79 Å². The fraction of sp³-hybridized carbons (Fsp3) is 0. The van der Waals surface area contributed by atoms with E-state index in [0.29, 0.717) is 4.48 Å². The number of rotatable bonds is 2. The van der Waals surface area contributed by atoms with Crippen LogP contribution in [0.15, 0.2) is 22.0 Å². The molecule has 0 amide bonds. The first kappa shape index (κ1) is 7.69. The normalized spacial score (nSPS) is 11.5. The summed E-state index contributed by atoms with van der Waals surface area (Å²) >= 11 is 4.70. The first-order valence-corrected chi connectivity index (χ1v) is 4.36. The van der Waals surface area contributed by atoms with Crippen LogP contribution in [0.4, 0.5) is 0 Å². The molecule has 1 heterocycles. The van der Waals surface area contributed by atoms with Gasteiger partial charge in [0.05, 0.1) is 4.48 Å². The number of carbonyl (C=O) groups excluding carboxylic acids is 1. The van der Waals surface area contributed by atoms with E-state index in [2.05, 4.69) is 15.9 Å². The molecule has 0 aliphatic rings. The summed E-state index contributed by atoms with van der Waals surface area (Å²) in [5, 5.41) is 1.97. The molecule has 0 aliphatic carbocycles. The summed E-state index contributed by atoms with van der Waals surface area (Å²) in [6.45, 7) is 0. The van der Waals surface area contributed by atoms with Crippen molar-refractivity contribution in [2.24, 2.45) is 0 Å². The van der Waals surface area contributed by atoms with Crippen LogP contribution in [0.5, 0.6) is 0 Å². The van der Waals surface area contributed by atoms with Crippen molar-refractivity contribution in [2.75, 3.05) is 0 Å². The maximum atomic E-state index is 10.1. The summed E-state index contributed by atoms with van der Waals surface area (Å²) in [5.74, 6) is 0. The molecule has 1 rings (SSSR count). The van der Waals surface area contributed by atoms with E-state index in [-0.39, 0.29) is 0 Å². The average Bonchev–Trinajstić information content (AvgIpc) is 2.40. The Labute approximate surface area is 71.5 Å². The van der Waals surface area contributed by atoms with Gasteiger partial charge < -0.3 is 0 Å². The molecular weight excluding hydrogens is 212 g/mol. The number of carbonyl (C=O) groups is 1.